The number of ether oxygens (including phenoxy) is 3. The molecule has 6 heteroatoms. The fourth-order valence-corrected chi connectivity index (χ4v) is 6.04. The van der Waals surface area contributed by atoms with Crippen molar-refractivity contribution >= 4 is 17.9 Å². The molecule has 0 aromatic rings. The van der Waals surface area contributed by atoms with E-state index in [4.69, 9.17) is 14.2 Å². The van der Waals surface area contributed by atoms with Crippen LogP contribution in [0.1, 0.15) is 175 Å². The Bertz CT molecular complexity index is 1620. The molecule has 0 radical (unpaired) electrons. The Labute approximate surface area is 409 Å². The van der Waals surface area contributed by atoms with Crippen molar-refractivity contribution in [3.8, 4) is 0 Å². The highest BCUT2D eigenvalue weighted by atomic mass is 16.6. The van der Waals surface area contributed by atoms with E-state index in [0.29, 0.717) is 19.3 Å². The van der Waals surface area contributed by atoms with Crippen molar-refractivity contribution in [2.75, 3.05) is 13.2 Å². The number of allylic oxidation sites excluding steroid dienone is 28. The molecule has 0 aliphatic rings. The van der Waals surface area contributed by atoms with Crippen molar-refractivity contribution in [3.05, 3.63) is 170 Å². The minimum atomic E-state index is -0.873. The average Bonchev–Trinajstić information content (AvgIpc) is 3.33. The fraction of sp³-hybridized carbons (Fsp3) is 0.492. The number of esters is 3. The van der Waals surface area contributed by atoms with Crippen LogP contribution in [-0.2, 0) is 28.6 Å². The van der Waals surface area contributed by atoms with E-state index in [-0.39, 0.29) is 38.4 Å². The van der Waals surface area contributed by atoms with Gasteiger partial charge in [0.2, 0.25) is 0 Å². The minimum absolute atomic E-state index is 0.168. The molecule has 6 nitrogen and oxygen atoms in total. The normalized spacial score (nSPS) is 13.5. The zero-order valence-corrected chi connectivity index (χ0v) is 42.1. The highest BCUT2D eigenvalue weighted by Crippen LogP contribution is 2.09. The van der Waals surface area contributed by atoms with E-state index in [9.17, 15) is 14.4 Å². The summed E-state index contributed by atoms with van der Waals surface area (Å²) in [6, 6.07) is 0. The monoisotopic (exact) mass is 919 g/mol. The van der Waals surface area contributed by atoms with Gasteiger partial charge in [-0.3, -0.25) is 14.4 Å². The van der Waals surface area contributed by atoms with Crippen LogP contribution in [0.2, 0.25) is 0 Å². The Kier molecular flexibility index (Phi) is 49.2. The molecule has 0 spiro atoms. The van der Waals surface area contributed by atoms with Crippen LogP contribution in [0.5, 0.6) is 0 Å². The molecule has 0 amide bonds. The van der Waals surface area contributed by atoms with Gasteiger partial charge in [-0.1, -0.05) is 223 Å². The Morgan fingerprint density at radius 1 is 0.328 bits per heavy atom. The highest BCUT2D eigenvalue weighted by molar-refractivity contribution is 5.71. The van der Waals surface area contributed by atoms with Gasteiger partial charge in [-0.25, -0.2) is 0 Å². The van der Waals surface area contributed by atoms with Crippen LogP contribution in [0.4, 0.5) is 0 Å². The van der Waals surface area contributed by atoms with Crippen molar-refractivity contribution in [1.29, 1.82) is 0 Å². The largest absolute Gasteiger partial charge is 0.462 e. The second kappa shape index (κ2) is 53.4. The second-order valence-electron chi connectivity index (χ2n) is 16.1. The first-order chi connectivity index (χ1) is 33.0. The molecule has 0 fully saturated rings. The lowest BCUT2D eigenvalue weighted by atomic mass is 10.1. The summed E-state index contributed by atoms with van der Waals surface area (Å²) in [5.41, 5.74) is 0. The van der Waals surface area contributed by atoms with Gasteiger partial charge < -0.3 is 14.2 Å². The molecule has 0 rings (SSSR count). The van der Waals surface area contributed by atoms with Gasteiger partial charge in [-0.15, -0.1) is 0 Å². The molecule has 67 heavy (non-hydrogen) atoms. The van der Waals surface area contributed by atoms with Crippen molar-refractivity contribution in [3.63, 3.8) is 0 Å². The van der Waals surface area contributed by atoms with E-state index in [1.165, 1.54) is 38.5 Å². The van der Waals surface area contributed by atoms with Gasteiger partial charge in [0.1, 0.15) is 13.2 Å². The third-order valence-corrected chi connectivity index (χ3v) is 9.83. The molecule has 0 aromatic heterocycles. The minimum Gasteiger partial charge on any atom is -0.462 e. The Morgan fingerprint density at radius 3 is 1.18 bits per heavy atom. The Hall–Kier alpha value is -5.23. The van der Waals surface area contributed by atoms with Crippen molar-refractivity contribution < 1.29 is 28.6 Å². The van der Waals surface area contributed by atoms with Gasteiger partial charge in [-0.2, -0.15) is 0 Å². The molecule has 0 aromatic carbocycles. The van der Waals surface area contributed by atoms with Crippen molar-refractivity contribution in [1.82, 2.24) is 0 Å². The van der Waals surface area contributed by atoms with Crippen LogP contribution in [0, 0.1) is 0 Å². The SMILES string of the molecule is CC\C=C/C=C\C=C/C=C\C=C/CCCC(=O)OCC(COC(=O)CC/C=C\C/C=C\C/C=C\C/C=C\C/C=C\C/C=C\CC)OC(=O)CCC/C=C\C/C=C\C/C=C\CCCCCCCC. The molecule has 0 aliphatic heterocycles. The van der Waals surface area contributed by atoms with Crippen LogP contribution in [-0.4, -0.2) is 37.2 Å². The maximum absolute atomic E-state index is 12.8. The summed E-state index contributed by atoms with van der Waals surface area (Å²) in [6.45, 7) is 6.16. The lowest BCUT2D eigenvalue weighted by Gasteiger charge is -2.18. The summed E-state index contributed by atoms with van der Waals surface area (Å²) >= 11 is 0. The van der Waals surface area contributed by atoms with Crippen LogP contribution in [0.25, 0.3) is 0 Å². The maximum atomic E-state index is 12.8. The quantitative estimate of drug-likeness (QED) is 0.0199. The summed E-state index contributed by atoms with van der Waals surface area (Å²) in [7, 11) is 0. The smallest absolute Gasteiger partial charge is 0.306 e. The summed E-state index contributed by atoms with van der Waals surface area (Å²) < 4.78 is 16.6. The van der Waals surface area contributed by atoms with Gasteiger partial charge in [-0.05, 0) is 103 Å². The van der Waals surface area contributed by atoms with E-state index in [1.807, 2.05) is 66.8 Å². The first-order valence-corrected chi connectivity index (χ1v) is 25.7. The zero-order chi connectivity index (χ0) is 48.6. The van der Waals surface area contributed by atoms with Crippen molar-refractivity contribution in [2.45, 2.75) is 181 Å². The van der Waals surface area contributed by atoms with Gasteiger partial charge in [0.25, 0.3) is 0 Å². The van der Waals surface area contributed by atoms with Crippen LogP contribution >= 0.6 is 0 Å². The molecular weight excluding hydrogens is 829 g/mol. The number of hydrogen-bond acceptors (Lipinski definition) is 6. The second-order valence-corrected chi connectivity index (χ2v) is 16.1. The Balaban J connectivity index is 4.71. The molecule has 0 N–H and O–H groups in total. The molecule has 0 heterocycles. The molecular formula is C61H90O6. The molecule has 1 unspecified atom stereocenters. The van der Waals surface area contributed by atoms with E-state index in [2.05, 4.69) is 124 Å². The van der Waals surface area contributed by atoms with Gasteiger partial charge in [0.05, 0.1) is 0 Å². The standard InChI is InChI=1S/C61H90O6/c1-4-7-10-13-16-19-22-25-27-29-30-32-33-36-39-42-45-48-51-54-60(63)66-57-58(56-65-59(62)53-50-47-44-41-38-35-24-21-18-15-12-9-6-3)67-61(64)55-52-49-46-43-40-37-34-31-28-26-23-20-17-14-11-8-5-2/h7,9-10,12,15-16,18-19,21,24-28,30,32,34-39,41,43-46,48,58H,4-6,8,11,13-14,17,20,22-23,29,31,33,40,42,47,49-57H2,1-3H3/b10-7-,12-9-,18-15-,19-16-,24-21-,27-25-,28-26-,32-30-,37-34-,38-35-,39-36-,44-41-,46-43-,48-45-. The predicted molar refractivity (Wildman–Crippen MR) is 288 cm³/mol. The highest BCUT2D eigenvalue weighted by Gasteiger charge is 2.19. The van der Waals surface area contributed by atoms with E-state index >= 15 is 0 Å². The van der Waals surface area contributed by atoms with Crippen molar-refractivity contribution in [2.24, 2.45) is 0 Å². The number of carbonyl (C=O) groups is 3. The van der Waals surface area contributed by atoms with E-state index < -0.39 is 18.0 Å². The average molecular weight is 919 g/mol. The molecule has 0 aliphatic carbocycles. The third kappa shape index (κ3) is 51.6. The number of carbonyl (C=O) groups excluding carboxylic acids is 3. The molecule has 0 bridgehead atoms. The van der Waals surface area contributed by atoms with Crippen LogP contribution < -0.4 is 0 Å². The zero-order valence-electron chi connectivity index (χ0n) is 42.1. The summed E-state index contributed by atoms with van der Waals surface area (Å²) in [5.74, 6) is -1.19. The van der Waals surface area contributed by atoms with Gasteiger partial charge in [0.15, 0.2) is 6.10 Å². The van der Waals surface area contributed by atoms with E-state index in [1.54, 1.807) is 0 Å². The number of rotatable bonds is 43. The molecule has 0 saturated heterocycles. The molecule has 0 saturated carbocycles. The third-order valence-electron chi connectivity index (χ3n) is 9.83. The summed E-state index contributed by atoms with van der Waals surface area (Å²) in [5, 5.41) is 0. The Morgan fingerprint density at radius 2 is 0.687 bits per heavy atom. The lowest BCUT2D eigenvalue weighted by Crippen LogP contribution is -2.30. The fourth-order valence-electron chi connectivity index (χ4n) is 6.04. The molecule has 1 atom stereocenters. The first-order valence-electron chi connectivity index (χ1n) is 25.7. The molecule has 370 valence electrons. The summed E-state index contributed by atoms with van der Waals surface area (Å²) in [6.07, 6.45) is 79.4. The lowest BCUT2D eigenvalue weighted by molar-refractivity contribution is -0.166. The predicted octanol–water partition coefficient (Wildman–Crippen LogP) is 17.2. The van der Waals surface area contributed by atoms with Crippen LogP contribution in [0.3, 0.4) is 0 Å². The summed E-state index contributed by atoms with van der Waals surface area (Å²) in [4.78, 5) is 37.9. The first kappa shape index (κ1) is 61.8. The van der Waals surface area contributed by atoms with Gasteiger partial charge >= 0.3 is 17.9 Å². The number of hydrogen-bond donors (Lipinski definition) is 0. The van der Waals surface area contributed by atoms with Gasteiger partial charge in [0, 0.05) is 19.3 Å². The number of unbranched alkanes of at least 4 members (excludes halogenated alkanes) is 8. The van der Waals surface area contributed by atoms with Crippen LogP contribution in [0.15, 0.2) is 170 Å². The topological polar surface area (TPSA) is 78.9 Å². The van der Waals surface area contributed by atoms with E-state index in [0.717, 1.165) is 77.0 Å². The maximum Gasteiger partial charge on any atom is 0.306 e.